The molecule has 0 spiro atoms. The zero-order valence-electron chi connectivity index (χ0n) is 17.0. The van der Waals surface area contributed by atoms with E-state index < -0.39 is 5.91 Å². The number of methoxy groups -OCH3 is 1. The molecule has 0 aromatic heterocycles. The zero-order valence-corrected chi connectivity index (χ0v) is 17.0. The fraction of sp³-hybridized carbons (Fsp3) is 0.304. The van der Waals surface area contributed by atoms with E-state index in [1.54, 1.807) is 13.2 Å². The van der Waals surface area contributed by atoms with Crippen molar-refractivity contribution in [1.29, 1.82) is 5.26 Å². The van der Waals surface area contributed by atoms with Crippen molar-refractivity contribution in [1.82, 2.24) is 0 Å². The van der Waals surface area contributed by atoms with Crippen molar-refractivity contribution < 1.29 is 9.53 Å². The van der Waals surface area contributed by atoms with Crippen molar-refractivity contribution in [2.24, 2.45) is 0 Å². The molecule has 0 heterocycles. The molecule has 146 valence electrons. The van der Waals surface area contributed by atoms with Gasteiger partial charge in [-0.05, 0) is 56.2 Å². The molecule has 0 saturated carbocycles. The molecule has 1 N–H and O–H groups in total. The monoisotopic (exact) mass is 377 g/mol. The van der Waals surface area contributed by atoms with Gasteiger partial charge in [-0.3, -0.25) is 4.79 Å². The number of amides is 1. The lowest BCUT2D eigenvalue weighted by molar-refractivity contribution is -0.112. The molecule has 2 rings (SSSR count). The van der Waals surface area contributed by atoms with Crippen molar-refractivity contribution in [2.75, 3.05) is 30.4 Å². The average molecular weight is 377 g/mol. The summed E-state index contributed by atoms with van der Waals surface area (Å²) in [6.07, 6.45) is 2.49. The Kier molecular flexibility index (Phi) is 7.65. The summed E-state index contributed by atoms with van der Waals surface area (Å²) in [6, 6.07) is 15.3. The van der Waals surface area contributed by atoms with Gasteiger partial charge in [0.15, 0.2) is 0 Å². The van der Waals surface area contributed by atoms with Gasteiger partial charge in [0.25, 0.3) is 5.91 Å². The lowest BCUT2D eigenvalue weighted by Crippen LogP contribution is -2.21. The molecule has 0 aliphatic carbocycles. The fourth-order valence-electron chi connectivity index (χ4n) is 2.93. The second-order valence-corrected chi connectivity index (χ2v) is 6.27. The van der Waals surface area contributed by atoms with Gasteiger partial charge in [-0.2, -0.15) is 5.26 Å². The van der Waals surface area contributed by atoms with Gasteiger partial charge in [0.2, 0.25) is 0 Å². The number of rotatable bonds is 8. The van der Waals surface area contributed by atoms with E-state index in [9.17, 15) is 10.1 Å². The minimum Gasteiger partial charge on any atom is -0.496 e. The highest BCUT2D eigenvalue weighted by molar-refractivity contribution is 6.09. The van der Waals surface area contributed by atoms with Crippen LogP contribution in [0.4, 0.5) is 11.4 Å². The number of ether oxygens (including phenoxy) is 1. The van der Waals surface area contributed by atoms with Gasteiger partial charge in [0, 0.05) is 36.1 Å². The lowest BCUT2D eigenvalue weighted by atomic mass is 10.1. The summed E-state index contributed by atoms with van der Waals surface area (Å²) in [5, 5.41) is 12.2. The van der Waals surface area contributed by atoms with E-state index in [1.807, 2.05) is 48.5 Å². The number of nitrogens with zero attached hydrogens (tertiary/aromatic N) is 2. The highest BCUT2D eigenvalue weighted by Gasteiger charge is 2.13. The summed E-state index contributed by atoms with van der Waals surface area (Å²) >= 11 is 0. The molecule has 0 unspecified atom stereocenters. The molecular formula is C23H27N3O2. The molecule has 0 saturated heterocycles. The minimum atomic E-state index is -0.443. The molecule has 1 amide bonds. The van der Waals surface area contributed by atoms with E-state index in [2.05, 4.69) is 31.0 Å². The van der Waals surface area contributed by atoms with E-state index >= 15 is 0 Å². The summed E-state index contributed by atoms with van der Waals surface area (Å²) in [5.74, 6) is 0.180. The van der Waals surface area contributed by atoms with Crippen LogP contribution in [0.15, 0.2) is 48.0 Å². The van der Waals surface area contributed by atoms with E-state index in [4.69, 9.17) is 4.74 Å². The number of nitrogens with one attached hydrogen (secondary N) is 1. The Morgan fingerprint density at radius 2 is 1.82 bits per heavy atom. The van der Waals surface area contributed by atoms with Gasteiger partial charge >= 0.3 is 0 Å². The molecule has 0 radical (unpaired) electrons. The second kappa shape index (κ2) is 10.2. The standard InChI is InChI=1S/C23H27N3O2/c1-5-17-8-11-20(12-9-17)25-23(27)19(16-24)14-18-10-13-21(15-22(18)28-4)26(6-2)7-3/h8-15H,5-7H2,1-4H3,(H,25,27)/b19-14+. The largest absolute Gasteiger partial charge is 0.496 e. The van der Waals surface area contributed by atoms with Crippen molar-refractivity contribution in [3.63, 3.8) is 0 Å². The summed E-state index contributed by atoms with van der Waals surface area (Å²) in [7, 11) is 1.58. The topological polar surface area (TPSA) is 65.4 Å². The molecule has 5 nitrogen and oxygen atoms in total. The first kappa shape index (κ1) is 21.0. The Morgan fingerprint density at radius 3 is 2.36 bits per heavy atom. The number of anilines is 2. The molecular weight excluding hydrogens is 350 g/mol. The Bertz CT molecular complexity index is 876. The number of carbonyl (C=O) groups is 1. The van der Waals surface area contributed by atoms with Crippen LogP contribution in [-0.4, -0.2) is 26.1 Å². The third kappa shape index (κ3) is 5.14. The normalized spacial score (nSPS) is 10.9. The molecule has 0 bridgehead atoms. The van der Waals surface area contributed by atoms with E-state index in [0.717, 1.165) is 25.2 Å². The van der Waals surface area contributed by atoms with Crippen molar-refractivity contribution in [2.45, 2.75) is 27.2 Å². The van der Waals surface area contributed by atoms with Crippen molar-refractivity contribution >= 4 is 23.4 Å². The number of carbonyl (C=O) groups excluding carboxylic acids is 1. The molecule has 5 heteroatoms. The SMILES string of the molecule is CCc1ccc(NC(=O)/C(C#N)=C/c2ccc(N(CC)CC)cc2OC)cc1. The molecule has 28 heavy (non-hydrogen) atoms. The number of hydrogen-bond donors (Lipinski definition) is 1. The van der Waals surface area contributed by atoms with Crippen LogP contribution in [0.25, 0.3) is 6.08 Å². The predicted molar refractivity (Wildman–Crippen MR) is 115 cm³/mol. The summed E-state index contributed by atoms with van der Waals surface area (Å²) in [6.45, 7) is 8.03. The van der Waals surface area contributed by atoms with E-state index in [1.165, 1.54) is 5.56 Å². The maximum atomic E-state index is 12.5. The van der Waals surface area contributed by atoms with E-state index in [-0.39, 0.29) is 5.57 Å². The summed E-state index contributed by atoms with van der Waals surface area (Å²) in [4.78, 5) is 14.7. The Hall–Kier alpha value is -3.26. The number of hydrogen-bond acceptors (Lipinski definition) is 4. The minimum absolute atomic E-state index is 0.0217. The molecule has 0 aliphatic rings. The first-order valence-electron chi connectivity index (χ1n) is 9.51. The number of nitriles is 1. The van der Waals surface area contributed by atoms with Gasteiger partial charge in [-0.25, -0.2) is 0 Å². The maximum Gasteiger partial charge on any atom is 0.266 e. The van der Waals surface area contributed by atoms with Gasteiger partial charge in [0.05, 0.1) is 7.11 Å². The molecule has 2 aromatic rings. The zero-order chi connectivity index (χ0) is 20.5. The highest BCUT2D eigenvalue weighted by Crippen LogP contribution is 2.27. The van der Waals surface area contributed by atoms with Crippen LogP contribution < -0.4 is 15.0 Å². The summed E-state index contributed by atoms with van der Waals surface area (Å²) < 4.78 is 5.48. The van der Waals surface area contributed by atoms with Crippen LogP contribution >= 0.6 is 0 Å². The maximum absolute atomic E-state index is 12.5. The van der Waals surface area contributed by atoms with Crippen molar-refractivity contribution in [3.05, 3.63) is 59.2 Å². The third-order valence-corrected chi connectivity index (χ3v) is 4.63. The highest BCUT2D eigenvalue weighted by atomic mass is 16.5. The molecule has 0 fully saturated rings. The molecule has 0 aliphatic heterocycles. The first-order chi connectivity index (χ1) is 13.6. The lowest BCUT2D eigenvalue weighted by Gasteiger charge is -2.22. The number of benzene rings is 2. The van der Waals surface area contributed by atoms with Crippen LogP contribution in [0.5, 0.6) is 5.75 Å². The van der Waals surface area contributed by atoms with Crippen LogP contribution in [0.2, 0.25) is 0 Å². The Morgan fingerprint density at radius 1 is 1.14 bits per heavy atom. The third-order valence-electron chi connectivity index (χ3n) is 4.63. The Labute approximate surface area is 167 Å². The smallest absolute Gasteiger partial charge is 0.266 e. The average Bonchev–Trinajstić information content (AvgIpc) is 2.73. The van der Waals surface area contributed by atoms with Gasteiger partial charge < -0.3 is 15.0 Å². The predicted octanol–water partition coefficient (Wildman–Crippen LogP) is 4.65. The fourth-order valence-corrected chi connectivity index (χ4v) is 2.93. The van der Waals surface area contributed by atoms with Gasteiger partial charge in [-0.1, -0.05) is 19.1 Å². The van der Waals surface area contributed by atoms with Crippen LogP contribution in [-0.2, 0) is 11.2 Å². The molecule has 0 atom stereocenters. The van der Waals surface area contributed by atoms with Crippen LogP contribution in [0.1, 0.15) is 31.9 Å². The van der Waals surface area contributed by atoms with E-state index in [0.29, 0.717) is 17.0 Å². The molecule has 2 aromatic carbocycles. The first-order valence-corrected chi connectivity index (χ1v) is 9.51. The van der Waals surface area contributed by atoms with Gasteiger partial charge in [0.1, 0.15) is 17.4 Å². The van der Waals surface area contributed by atoms with Crippen LogP contribution in [0, 0.1) is 11.3 Å². The Balaban J connectivity index is 2.27. The van der Waals surface area contributed by atoms with Crippen molar-refractivity contribution in [3.8, 4) is 11.8 Å². The second-order valence-electron chi connectivity index (χ2n) is 6.27. The van der Waals surface area contributed by atoms with Crippen LogP contribution in [0.3, 0.4) is 0 Å². The summed E-state index contributed by atoms with van der Waals surface area (Å²) in [5.41, 5.74) is 3.59. The number of aryl methyl sites for hydroxylation is 1. The van der Waals surface area contributed by atoms with Gasteiger partial charge in [-0.15, -0.1) is 0 Å². The quantitative estimate of drug-likeness (QED) is 0.537.